The zero-order chi connectivity index (χ0) is 12.4. The van der Waals surface area contributed by atoms with Gasteiger partial charge >= 0.3 is 0 Å². The molecule has 4 nitrogen and oxygen atoms in total. The van der Waals surface area contributed by atoms with E-state index in [2.05, 4.69) is 12.1 Å². The number of para-hydroxylation sites is 1. The summed E-state index contributed by atoms with van der Waals surface area (Å²) in [6.45, 7) is 3.15. The lowest BCUT2D eigenvalue weighted by Gasteiger charge is -2.25. The fraction of sp³-hybridized carbons (Fsp3) is 0.385. The van der Waals surface area contributed by atoms with Gasteiger partial charge in [-0.15, -0.1) is 17.0 Å². The van der Waals surface area contributed by atoms with E-state index in [9.17, 15) is 4.79 Å². The van der Waals surface area contributed by atoms with Gasteiger partial charge in [-0.2, -0.15) is 4.57 Å². The van der Waals surface area contributed by atoms with Crippen molar-refractivity contribution in [1.82, 2.24) is 4.90 Å². The zero-order valence-corrected chi connectivity index (χ0v) is 13.0. The Bertz CT molecular complexity index is 567. The third-order valence-electron chi connectivity index (χ3n) is 3.15. The molecular weight excluding hydrogens is 328 g/mol. The van der Waals surface area contributed by atoms with Crippen molar-refractivity contribution in [3.05, 3.63) is 29.8 Å². The quantitative estimate of drug-likeness (QED) is 0.776. The fourth-order valence-electron chi connectivity index (χ4n) is 2.15. The van der Waals surface area contributed by atoms with Crippen LogP contribution in [0, 0.1) is 0 Å². The number of ether oxygens (including phenoxy) is 1. The highest BCUT2D eigenvalue weighted by Crippen LogP contribution is 2.15. The Morgan fingerprint density at radius 1 is 1.32 bits per heavy atom. The van der Waals surface area contributed by atoms with Gasteiger partial charge in [-0.05, 0) is 6.07 Å². The summed E-state index contributed by atoms with van der Waals surface area (Å²) in [5, 5.41) is 0. The topological polar surface area (TPSA) is 33.4 Å². The van der Waals surface area contributed by atoms with Gasteiger partial charge in [-0.1, -0.05) is 23.5 Å². The molecule has 3 rings (SSSR count). The van der Waals surface area contributed by atoms with Crippen LogP contribution in [0.2, 0.25) is 0 Å². The Balaban J connectivity index is 0.00000133. The molecule has 0 unspecified atom stereocenters. The summed E-state index contributed by atoms with van der Waals surface area (Å²) in [5.74, 6) is 0.173. The van der Waals surface area contributed by atoms with Crippen molar-refractivity contribution >= 4 is 44.4 Å². The lowest BCUT2D eigenvalue weighted by molar-refractivity contribution is -0.654. The molecule has 1 aromatic carbocycles. The molecule has 1 amide bonds. The van der Waals surface area contributed by atoms with Gasteiger partial charge in [0.25, 0.3) is 5.91 Å². The number of rotatable bonds is 2. The van der Waals surface area contributed by atoms with E-state index in [1.807, 2.05) is 27.1 Å². The van der Waals surface area contributed by atoms with Crippen LogP contribution in [0.1, 0.15) is 0 Å². The zero-order valence-electron chi connectivity index (χ0n) is 10.4. The van der Waals surface area contributed by atoms with Crippen LogP contribution in [0.5, 0.6) is 0 Å². The summed E-state index contributed by atoms with van der Waals surface area (Å²) < 4.78 is 8.50. The smallest absolute Gasteiger partial charge is 0.288 e. The van der Waals surface area contributed by atoms with Crippen LogP contribution in [0.4, 0.5) is 0 Å². The van der Waals surface area contributed by atoms with Gasteiger partial charge in [0.2, 0.25) is 17.6 Å². The molecule has 19 heavy (non-hydrogen) atoms. The third-order valence-corrected chi connectivity index (χ3v) is 4.11. The summed E-state index contributed by atoms with van der Waals surface area (Å²) in [4.78, 5) is 14.0. The maximum absolute atomic E-state index is 12.2. The van der Waals surface area contributed by atoms with Gasteiger partial charge in [0.1, 0.15) is 4.70 Å². The van der Waals surface area contributed by atoms with Crippen LogP contribution in [0.15, 0.2) is 29.8 Å². The van der Waals surface area contributed by atoms with Gasteiger partial charge < -0.3 is 9.64 Å². The minimum absolute atomic E-state index is 0. The Morgan fingerprint density at radius 2 is 2.05 bits per heavy atom. The molecule has 1 saturated heterocycles. The number of morpholine rings is 1. The minimum Gasteiger partial charge on any atom is -0.378 e. The first-order valence-corrected chi connectivity index (χ1v) is 6.94. The van der Waals surface area contributed by atoms with Crippen LogP contribution in [0.3, 0.4) is 0 Å². The molecule has 0 spiro atoms. The summed E-state index contributed by atoms with van der Waals surface area (Å²) >= 11 is 1.67. The van der Waals surface area contributed by atoms with Gasteiger partial charge in [0, 0.05) is 19.2 Å². The number of halogens is 1. The maximum Gasteiger partial charge on any atom is 0.288 e. The Kier molecular flexibility index (Phi) is 4.90. The van der Waals surface area contributed by atoms with Crippen molar-refractivity contribution in [2.45, 2.75) is 6.54 Å². The SMILES string of the molecule is Br.O=C(C[n+]1csc2ccccc21)N1CCOCC1. The molecule has 0 radical (unpaired) electrons. The van der Waals surface area contributed by atoms with E-state index >= 15 is 0 Å². The molecule has 2 aromatic rings. The molecule has 1 aliphatic heterocycles. The van der Waals surface area contributed by atoms with Crippen LogP contribution >= 0.6 is 28.3 Å². The lowest BCUT2D eigenvalue weighted by atomic mass is 10.3. The van der Waals surface area contributed by atoms with Crippen molar-refractivity contribution in [2.24, 2.45) is 0 Å². The largest absolute Gasteiger partial charge is 0.378 e. The van der Waals surface area contributed by atoms with E-state index in [1.165, 1.54) is 4.70 Å². The Morgan fingerprint density at radius 3 is 2.84 bits per heavy atom. The molecule has 0 N–H and O–H groups in total. The normalized spacial score (nSPS) is 15.3. The number of carbonyl (C=O) groups is 1. The van der Waals surface area contributed by atoms with E-state index < -0.39 is 0 Å². The predicted octanol–water partition coefficient (Wildman–Crippen LogP) is 1.63. The Hall–Kier alpha value is -0.980. The highest BCUT2D eigenvalue weighted by Gasteiger charge is 2.22. The number of nitrogens with zero attached hydrogens (tertiary/aromatic N) is 2. The number of amides is 1. The molecule has 102 valence electrons. The average Bonchev–Trinajstić information content (AvgIpc) is 2.83. The van der Waals surface area contributed by atoms with Crippen LogP contribution in [-0.4, -0.2) is 37.1 Å². The van der Waals surface area contributed by atoms with Gasteiger partial charge in [0.05, 0.1) is 13.2 Å². The molecule has 2 heterocycles. The summed E-state index contributed by atoms with van der Waals surface area (Å²) in [6, 6.07) is 8.16. The molecule has 1 aliphatic rings. The van der Waals surface area contributed by atoms with Crippen molar-refractivity contribution in [1.29, 1.82) is 0 Å². The maximum atomic E-state index is 12.2. The molecule has 6 heteroatoms. The van der Waals surface area contributed by atoms with E-state index in [4.69, 9.17) is 4.74 Å². The van der Waals surface area contributed by atoms with Crippen molar-refractivity contribution in [3.63, 3.8) is 0 Å². The highest BCUT2D eigenvalue weighted by molar-refractivity contribution is 8.93. The van der Waals surface area contributed by atoms with Crippen LogP contribution in [0.25, 0.3) is 10.2 Å². The second-order valence-electron chi connectivity index (χ2n) is 4.31. The summed E-state index contributed by atoms with van der Waals surface area (Å²) in [7, 11) is 0. The number of hydrogen-bond donors (Lipinski definition) is 0. The summed E-state index contributed by atoms with van der Waals surface area (Å²) in [5.41, 5.74) is 3.15. The average molecular weight is 344 g/mol. The molecule has 1 fully saturated rings. The van der Waals surface area contributed by atoms with E-state index in [0.29, 0.717) is 32.8 Å². The second-order valence-corrected chi connectivity index (χ2v) is 5.20. The number of thiazole rings is 1. The van der Waals surface area contributed by atoms with Crippen molar-refractivity contribution in [3.8, 4) is 0 Å². The number of fused-ring (bicyclic) bond motifs is 1. The molecule has 1 aromatic heterocycles. The van der Waals surface area contributed by atoms with Gasteiger partial charge in [-0.3, -0.25) is 4.79 Å². The number of benzene rings is 1. The third kappa shape index (κ3) is 3.13. The lowest BCUT2D eigenvalue weighted by Crippen LogP contribution is -2.47. The highest BCUT2D eigenvalue weighted by atomic mass is 79.9. The van der Waals surface area contributed by atoms with Crippen LogP contribution < -0.4 is 4.57 Å². The first-order valence-electron chi connectivity index (χ1n) is 6.06. The minimum atomic E-state index is 0. The predicted molar refractivity (Wildman–Crippen MR) is 79.7 cm³/mol. The summed E-state index contributed by atoms with van der Waals surface area (Å²) in [6.07, 6.45) is 0. The number of hydrogen-bond acceptors (Lipinski definition) is 3. The molecule has 0 saturated carbocycles. The standard InChI is InChI=1S/C13H15N2O2S.BrH/c16-13(14-5-7-17-8-6-14)9-15-10-18-12-4-2-1-3-11(12)15;/h1-4,10H,5-9H2;1H/q+1;. The van der Waals surface area contributed by atoms with Gasteiger partial charge in [-0.25, -0.2) is 0 Å². The molecule has 0 atom stereocenters. The molecule has 0 bridgehead atoms. The van der Waals surface area contributed by atoms with Gasteiger partial charge in [0.15, 0.2) is 0 Å². The van der Waals surface area contributed by atoms with Crippen molar-refractivity contribution in [2.75, 3.05) is 26.3 Å². The molecule has 0 aliphatic carbocycles. The first kappa shape index (κ1) is 14.4. The Labute approximate surface area is 126 Å². The fourth-order valence-corrected chi connectivity index (χ4v) is 3.04. The monoisotopic (exact) mass is 343 g/mol. The molecular formula is C13H16BrN2O2S+. The second kappa shape index (κ2) is 6.45. The first-order chi connectivity index (χ1) is 8.84. The number of aromatic nitrogens is 1. The van der Waals surface area contributed by atoms with E-state index in [1.54, 1.807) is 11.3 Å². The van der Waals surface area contributed by atoms with Crippen molar-refractivity contribution < 1.29 is 14.1 Å². The van der Waals surface area contributed by atoms with E-state index in [0.717, 1.165) is 5.52 Å². The number of carbonyl (C=O) groups excluding carboxylic acids is 1. The van der Waals surface area contributed by atoms with Crippen LogP contribution in [-0.2, 0) is 16.1 Å². The van der Waals surface area contributed by atoms with E-state index in [-0.39, 0.29) is 22.9 Å².